The molecule has 3 aliphatic rings. The molecule has 0 aromatic heterocycles. The Bertz CT molecular complexity index is 1340. The summed E-state index contributed by atoms with van der Waals surface area (Å²) in [6.45, 7) is 4.95. The van der Waals surface area contributed by atoms with E-state index in [0.717, 1.165) is 0 Å². The van der Waals surface area contributed by atoms with Crippen LogP contribution in [0.2, 0.25) is 0 Å². The molecule has 5 rings (SSSR count). The predicted octanol–water partition coefficient (Wildman–Crippen LogP) is 1.67. The van der Waals surface area contributed by atoms with Gasteiger partial charge in [-0.05, 0) is 20.8 Å². The highest BCUT2D eigenvalue weighted by Crippen LogP contribution is 2.52. The molecule has 0 amide bonds. The van der Waals surface area contributed by atoms with Gasteiger partial charge in [0, 0.05) is 47.6 Å². The highest BCUT2D eigenvalue weighted by atomic mass is 16.7. The van der Waals surface area contributed by atoms with E-state index in [0.29, 0.717) is 0 Å². The molecule has 0 unspecified atom stereocenters. The first-order valence-electron chi connectivity index (χ1n) is 12.7. The van der Waals surface area contributed by atoms with Gasteiger partial charge >= 0.3 is 0 Å². The average molecular weight is 526 g/mol. The van der Waals surface area contributed by atoms with Gasteiger partial charge in [0.15, 0.2) is 17.9 Å². The van der Waals surface area contributed by atoms with Gasteiger partial charge in [-0.2, -0.15) is 0 Å². The maximum Gasteiger partial charge on any atom is 0.198 e. The molecule has 0 radical (unpaired) electrons. The number of hydrogen-bond acceptors (Lipinski definition) is 10. The van der Waals surface area contributed by atoms with Crippen LogP contribution < -0.4 is 5.32 Å². The summed E-state index contributed by atoms with van der Waals surface area (Å²) in [6, 6.07) is 6.04. The van der Waals surface area contributed by atoms with Crippen molar-refractivity contribution in [3.05, 3.63) is 57.6 Å². The van der Waals surface area contributed by atoms with Crippen LogP contribution in [0.1, 0.15) is 82.7 Å². The molecule has 2 aromatic carbocycles. The SMILES string of the molecule is CC(=O)[C@]1(NC(C)C)Cc2c(O)c3c(c(O)c2[C@@H](O[C@H]2C[C@H](O)[C@H](O)CO2)C1)C(=O)c1ccccc1C3=O. The number of hydrogen-bond donors (Lipinski definition) is 5. The first kappa shape index (κ1) is 26.5. The highest BCUT2D eigenvalue weighted by Gasteiger charge is 2.49. The highest BCUT2D eigenvalue weighted by molar-refractivity contribution is 6.30. The van der Waals surface area contributed by atoms with Gasteiger partial charge in [-0.15, -0.1) is 0 Å². The molecule has 2 aliphatic carbocycles. The lowest BCUT2D eigenvalue weighted by atomic mass is 9.70. The van der Waals surface area contributed by atoms with Crippen molar-refractivity contribution < 1.29 is 44.3 Å². The molecule has 0 bridgehead atoms. The van der Waals surface area contributed by atoms with Gasteiger partial charge in [-0.3, -0.25) is 14.4 Å². The number of benzene rings is 2. The summed E-state index contributed by atoms with van der Waals surface area (Å²) >= 11 is 0. The van der Waals surface area contributed by atoms with E-state index in [4.69, 9.17) is 9.47 Å². The average Bonchev–Trinajstić information content (AvgIpc) is 2.86. The molecule has 5 N–H and O–H groups in total. The molecule has 1 heterocycles. The molecule has 1 aliphatic heterocycles. The van der Waals surface area contributed by atoms with Crippen molar-refractivity contribution in [2.24, 2.45) is 0 Å². The maximum atomic E-state index is 13.5. The minimum atomic E-state index is -1.23. The van der Waals surface area contributed by atoms with Crippen molar-refractivity contribution in [2.75, 3.05) is 6.61 Å². The molecule has 10 heteroatoms. The molecular formula is C28H31NO9. The van der Waals surface area contributed by atoms with Crippen LogP contribution in [0, 0.1) is 0 Å². The van der Waals surface area contributed by atoms with Crippen molar-refractivity contribution in [3.8, 4) is 11.5 Å². The number of rotatable bonds is 5. The molecular weight excluding hydrogens is 494 g/mol. The lowest BCUT2D eigenvalue weighted by molar-refractivity contribution is -0.238. The number of aliphatic hydroxyl groups is 2. The normalized spacial score (nSPS) is 28.6. The zero-order valence-corrected chi connectivity index (χ0v) is 21.4. The van der Waals surface area contributed by atoms with Gasteiger partial charge in [0.25, 0.3) is 0 Å². The number of carbonyl (C=O) groups excluding carboxylic acids is 3. The van der Waals surface area contributed by atoms with E-state index in [1.54, 1.807) is 12.1 Å². The van der Waals surface area contributed by atoms with E-state index in [2.05, 4.69) is 5.32 Å². The van der Waals surface area contributed by atoms with E-state index in [-0.39, 0.29) is 71.1 Å². The summed E-state index contributed by atoms with van der Waals surface area (Å²) in [7, 11) is 0. The lowest BCUT2D eigenvalue weighted by Crippen LogP contribution is -2.58. The third kappa shape index (κ3) is 4.13. The zero-order valence-electron chi connectivity index (χ0n) is 21.4. The van der Waals surface area contributed by atoms with E-state index in [1.807, 2.05) is 13.8 Å². The Kier molecular flexibility index (Phi) is 6.65. The van der Waals surface area contributed by atoms with Gasteiger partial charge in [-0.25, -0.2) is 0 Å². The van der Waals surface area contributed by atoms with Crippen LogP contribution in [-0.2, 0) is 20.7 Å². The van der Waals surface area contributed by atoms with Crippen LogP contribution in [0.4, 0.5) is 0 Å². The Hall–Kier alpha value is -3.15. The summed E-state index contributed by atoms with van der Waals surface area (Å²) in [4.78, 5) is 40.0. The van der Waals surface area contributed by atoms with E-state index < -0.39 is 53.2 Å². The fourth-order valence-corrected chi connectivity index (χ4v) is 5.87. The van der Waals surface area contributed by atoms with Crippen LogP contribution in [0.25, 0.3) is 0 Å². The fourth-order valence-electron chi connectivity index (χ4n) is 5.87. The van der Waals surface area contributed by atoms with Crippen LogP contribution in [0.5, 0.6) is 11.5 Å². The second kappa shape index (κ2) is 9.55. The Morgan fingerprint density at radius 2 is 1.66 bits per heavy atom. The smallest absolute Gasteiger partial charge is 0.198 e. The summed E-state index contributed by atoms with van der Waals surface area (Å²) < 4.78 is 11.7. The van der Waals surface area contributed by atoms with Crippen molar-refractivity contribution in [1.29, 1.82) is 0 Å². The molecule has 1 saturated heterocycles. The molecule has 10 nitrogen and oxygen atoms in total. The van der Waals surface area contributed by atoms with Gasteiger partial charge in [0.1, 0.15) is 23.4 Å². The maximum absolute atomic E-state index is 13.5. The first-order chi connectivity index (χ1) is 17.9. The number of ether oxygens (including phenoxy) is 2. The van der Waals surface area contributed by atoms with Gasteiger partial charge in [0.05, 0.1) is 35.5 Å². The second-order valence-electron chi connectivity index (χ2n) is 10.6. The first-order valence-corrected chi connectivity index (χ1v) is 12.7. The van der Waals surface area contributed by atoms with E-state index >= 15 is 0 Å². The molecule has 2 aromatic rings. The molecule has 0 spiro atoms. The fraction of sp³-hybridized carbons (Fsp3) is 0.464. The summed E-state index contributed by atoms with van der Waals surface area (Å²) in [5, 5.41) is 46.2. The molecule has 1 fully saturated rings. The molecule has 202 valence electrons. The number of Topliss-reactive ketones (excluding diaryl/α,β-unsaturated/α-hetero) is 1. The monoisotopic (exact) mass is 525 g/mol. The number of fused-ring (bicyclic) bond motifs is 3. The Labute approximate surface area is 219 Å². The van der Waals surface area contributed by atoms with Crippen molar-refractivity contribution in [3.63, 3.8) is 0 Å². The van der Waals surface area contributed by atoms with Gasteiger partial charge in [0.2, 0.25) is 0 Å². The standard InChI is InChI=1S/C28H31NO9/c1-12(2)29-28(13(3)30)9-16-21(19(10-28)38-20-8-17(31)18(32)11-37-20)27(36)23-22(26(16)35)24(33)14-6-4-5-7-15(14)25(23)34/h4-7,12,17-20,29,31-32,35-36H,8-11H2,1-3H3/t17-,18+,19-,20-,28-/m0/s1. The molecule has 5 atom stereocenters. The van der Waals surface area contributed by atoms with Crippen molar-refractivity contribution >= 4 is 17.3 Å². The van der Waals surface area contributed by atoms with Gasteiger partial charge in [-0.1, -0.05) is 24.3 Å². The third-order valence-electron chi connectivity index (χ3n) is 7.68. The molecule has 38 heavy (non-hydrogen) atoms. The largest absolute Gasteiger partial charge is 0.507 e. The number of ketones is 3. The van der Waals surface area contributed by atoms with E-state index in [1.165, 1.54) is 19.1 Å². The van der Waals surface area contributed by atoms with Gasteiger partial charge < -0.3 is 35.2 Å². The zero-order chi connectivity index (χ0) is 27.5. The Morgan fingerprint density at radius 1 is 1.05 bits per heavy atom. The number of nitrogens with one attached hydrogen (secondary N) is 1. The Morgan fingerprint density at radius 3 is 2.21 bits per heavy atom. The number of aliphatic hydroxyl groups excluding tert-OH is 2. The lowest BCUT2D eigenvalue weighted by Gasteiger charge is -2.44. The molecule has 0 saturated carbocycles. The quantitative estimate of drug-likeness (QED) is 0.310. The van der Waals surface area contributed by atoms with Crippen LogP contribution in [-0.4, -0.2) is 74.5 Å². The van der Waals surface area contributed by atoms with Crippen LogP contribution in [0.15, 0.2) is 24.3 Å². The minimum absolute atomic E-state index is 0.0243. The second-order valence-corrected chi connectivity index (χ2v) is 10.6. The number of phenolic OH excluding ortho intramolecular Hbond substituents is 2. The minimum Gasteiger partial charge on any atom is -0.507 e. The number of carbonyl (C=O) groups is 3. The Balaban J connectivity index is 1.69. The summed E-state index contributed by atoms with van der Waals surface area (Å²) in [5.74, 6) is -2.43. The van der Waals surface area contributed by atoms with Crippen molar-refractivity contribution in [1.82, 2.24) is 5.32 Å². The van der Waals surface area contributed by atoms with E-state index in [9.17, 15) is 34.8 Å². The topological polar surface area (TPSA) is 163 Å². The number of phenols is 2. The van der Waals surface area contributed by atoms with Crippen LogP contribution in [0.3, 0.4) is 0 Å². The summed E-state index contributed by atoms with van der Waals surface area (Å²) in [5.41, 5.74) is -1.40. The van der Waals surface area contributed by atoms with Crippen molar-refractivity contribution in [2.45, 2.75) is 76.2 Å². The number of aromatic hydroxyl groups is 2. The van der Waals surface area contributed by atoms with Crippen LogP contribution >= 0.6 is 0 Å². The predicted molar refractivity (Wildman–Crippen MR) is 133 cm³/mol. The third-order valence-corrected chi connectivity index (χ3v) is 7.68. The summed E-state index contributed by atoms with van der Waals surface area (Å²) in [6.07, 6.45) is -4.35.